The van der Waals surface area contributed by atoms with Crippen LogP contribution in [0.2, 0.25) is 0 Å². The number of hydrogen-bond donors (Lipinski definition) is 1. The smallest absolute Gasteiger partial charge is 0.147 e. The third-order valence-corrected chi connectivity index (χ3v) is 12.1. The Hall–Kier alpha value is -1.80. The summed E-state index contributed by atoms with van der Waals surface area (Å²) in [6, 6.07) is 30.1. The van der Waals surface area contributed by atoms with Crippen LogP contribution in [0.3, 0.4) is 0 Å². The second-order valence-electron chi connectivity index (χ2n) is 8.86. The molecule has 0 saturated heterocycles. The van der Waals surface area contributed by atoms with Crippen LogP contribution in [0.25, 0.3) is 0 Å². The Morgan fingerprint density at radius 3 is 1.76 bits per heavy atom. The van der Waals surface area contributed by atoms with Crippen molar-refractivity contribution in [1.82, 2.24) is 0 Å². The van der Waals surface area contributed by atoms with Gasteiger partial charge in [-0.1, -0.05) is 112 Å². The van der Waals surface area contributed by atoms with E-state index in [4.69, 9.17) is 0 Å². The lowest BCUT2D eigenvalue weighted by atomic mass is 9.93. The summed E-state index contributed by atoms with van der Waals surface area (Å²) in [5.74, 6) is 0. The molecule has 0 saturated carbocycles. The largest absolute Gasteiger partial charge is 0.392 e. The van der Waals surface area contributed by atoms with Crippen LogP contribution < -0.4 is 10.6 Å². The van der Waals surface area contributed by atoms with Crippen molar-refractivity contribution >= 4 is 29.5 Å². The molecule has 3 atom stereocenters. The first-order valence-corrected chi connectivity index (χ1v) is 14.7. The molecule has 0 heterocycles. The first kappa shape index (κ1) is 25.8. The Labute approximate surface area is 204 Å². The first-order valence-electron chi connectivity index (χ1n) is 12.1. The average Bonchev–Trinajstić information content (AvgIpc) is 2.87. The van der Waals surface area contributed by atoms with Crippen molar-refractivity contribution < 1.29 is 9.67 Å². The first-order chi connectivity index (χ1) is 16.0. The summed E-state index contributed by atoms with van der Waals surface area (Å²) in [6.45, 7) is 6.35. The number of aliphatic hydroxyl groups excluding tert-OH is 1. The van der Waals surface area contributed by atoms with Gasteiger partial charge in [-0.2, -0.15) is 0 Å². The standard InChI is InChI=1S/C29H37O2PS/c1-4-6-10-23-28(29(3,27(30)5-2)33-26-21-15-9-16-22-26)32(31,24-17-11-7-12-18-24)25-19-13-8-14-20-25/h7-9,11-22,27-28,30H,4-6,10,23H2,1-3H3/t27-,28+,29-/m1/s1. The summed E-state index contributed by atoms with van der Waals surface area (Å²) in [5, 5.41) is 13.2. The van der Waals surface area contributed by atoms with E-state index < -0.39 is 18.0 Å². The molecule has 0 aliphatic heterocycles. The van der Waals surface area contributed by atoms with E-state index in [1.165, 1.54) is 0 Å². The number of hydrogen-bond acceptors (Lipinski definition) is 3. The average molecular weight is 481 g/mol. The van der Waals surface area contributed by atoms with Gasteiger partial charge in [-0.3, -0.25) is 0 Å². The highest BCUT2D eigenvalue weighted by atomic mass is 32.2. The van der Waals surface area contributed by atoms with Crippen LogP contribution >= 0.6 is 18.9 Å². The predicted octanol–water partition coefficient (Wildman–Crippen LogP) is 7.27. The molecule has 0 unspecified atom stereocenters. The van der Waals surface area contributed by atoms with E-state index in [0.29, 0.717) is 6.42 Å². The molecule has 3 aromatic carbocycles. The Bertz CT molecular complexity index is 966. The number of benzene rings is 3. The van der Waals surface area contributed by atoms with Gasteiger partial charge in [0.2, 0.25) is 0 Å². The van der Waals surface area contributed by atoms with Gasteiger partial charge < -0.3 is 9.67 Å². The Morgan fingerprint density at radius 2 is 1.30 bits per heavy atom. The molecule has 0 aliphatic rings. The molecule has 1 N–H and O–H groups in total. The van der Waals surface area contributed by atoms with Crippen LogP contribution in [-0.4, -0.2) is 21.6 Å². The molecule has 0 amide bonds. The zero-order chi connectivity index (χ0) is 23.7. The minimum absolute atomic E-state index is 0.207. The minimum atomic E-state index is -3.08. The molecule has 0 aliphatic carbocycles. The zero-order valence-corrected chi connectivity index (χ0v) is 21.8. The normalized spacial score (nSPS) is 15.5. The van der Waals surface area contributed by atoms with Crippen LogP contribution in [0.4, 0.5) is 0 Å². The summed E-state index contributed by atoms with van der Waals surface area (Å²) >= 11 is 1.68. The molecular weight excluding hydrogens is 443 g/mol. The molecule has 3 aromatic rings. The van der Waals surface area contributed by atoms with Crippen LogP contribution in [0.1, 0.15) is 52.9 Å². The molecule has 33 heavy (non-hydrogen) atoms. The van der Waals surface area contributed by atoms with Crippen LogP contribution in [0, 0.1) is 0 Å². The number of unbranched alkanes of at least 4 members (excludes halogenated alkanes) is 2. The topological polar surface area (TPSA) is 37.3 Å². The van der Waals surface area contributed by atoms with Crippen LogP contribution in [0.15, 0.2) is 95.9 Å². The maximum atomic E-state index is 15.4. The third-order valence-electron chi connectivity index (χ3n) is 6.59. The van der Waals surface area contributed by atoms with E-state index in [1.807, 2.05) is 85.8 Å². The van der Waals surface area contributed by atoms with Crippen molar-refractivity contribution in [2.24, 2.45) is 0 Å². The lowest BCUT2D eigenvalue weighted by Gasteiger charge is -2.45. The van der Waals surface area contributed by atoms with Gasteiger partial charge >= 0.3 is 0 Å². The molecule has 2 nitrogen and oxygen atoms in total. The fraction of sp³-hybridized carbons (Fsp3) is 0.379. The van der Waals surface area contributed by atoms with E-state index >= 15 is 4.57 Å². The van der Waals surface area contributed by atoms with Crippen molar-refractivity contribution in [2.45, 2.75) is 74.3 Å². The van der Waals surface area contributed by atoms with E-state index in [2.05, 4.69) is 26.0 Å². The second kappa shape index (κ2) is 12.1. The van der Waals surface area contributed by atoms with Crippen LogP contribution in [-0.2, 0) is 4.57 Å². The molecule has 0 fully saturated rings. The van der Waals surface area contributed by atoms with Gasteiger partial charge in [-0.25, -0.2) is 0 Å². The summed E-state index contributed by atoms with van der Waals surface area (Å²) in [5.41, 5.74) is -0.207. The number of thioether (sulfide) groups is 1. The monoisotopic (exact) mass is 480 g/mol. The molecule has 0 aromatic heterocycles. The van der Waals surface area contributed by atoms with Gasteiger partial charge in [0.05, 0.1) is 10.9 Å². The van der Waals surface area contributed by atoms with E-state index in [9.17, 15) is 5.11 Å². The molecule has 4 heteroatoms. The predicted molar refractivity (Wildman–Crippen MR) is 145 cm³/mol. The SMILES string of the molecule is CCCCC[C@@H]([C@](C)(Sc1ccccc1)[C@H](O)CC)P(=O)(c1ccccc1)c1ccccc1. The van der Waals surface area contributed by atoms with Crippen molar-refractivity contribution in [3.05, 3.63) is 91.0 Å². The Morgan fingerprint density at radius 1 is 0.818 bits per heavy atom. The maximum absolute atomic E-state index is 15.4. The van der Waals surface area contributed by atoms with Crippen molar-refractivity contribution in [3.63, 3.8) is 0 Å². The van der Waals surface area contributed by atoms with Gasteiger partial charge in [-0.15, -0.1) is 11.8 Å². The fourth-order valence-corrected chi connectivity index (χ4v) is 10.4. The molecule has 0 bridgehead atoms. The molecule has 176 valence electrons. The Balaban J connectivity index is 2.23. The summed E-state index contributed by atoms with van der Waals surface area (Å²) < 4.78 is 14.8. The van der Waals surface area contributed by atoms with Gasteiger partial charge in [0.15, 0.2) is 0 Å². The second-order valence-corrected chi connectivity index (χ2v) is 13.4. The Kier molecular flexibility index (Phi) is 9.44. The lowest BCUT2D eigenvalue weighted by molar-refractivity contribution is 0.126. The van der Waals surface area contributed by atoms with Gasteiger partial charge in [0.25, 0.3) is 0 Å². The zero-order valence-electron chi connectivity index (χ0n) is 20.1. The van der Waals surface area contributed by atoms with E-state index in [-0.39, 0.29) is 5.66 Å². The molecule has 0 radical (unpaired) electrons. The lowest BCUT2D eigenvalue weighted by Crippen LogP contribution is -2.49. The third kappa shape index (κ3) is 5.83. The minimum Gasteiger partial charge on any atom is -0.392 e. The van der Waals surface area contributed by atoms with Gasteiger partial charge in [-0.05, 0) is 31.9 Å². The molecular formula is C29H37O2PS. The highest BCUT2D eigenvalue weighted by molar-refractivity contribution is 8.01. The highest BCUT2D eigenvalue weighted by Crippen LogP contribution is 2.59. The van der Waals surface area contributed by atoms with Gasteiger partial charge in [0, 0.05) is 21.2 Å². The maximum Gasteiger partial charge on any atom is 0.147 e. The van der Waals surface area contributed by atoms with Gasteiger partial charge in [0.1, 0.15) is 7.14 Å². The molecule has 3 rings (SSSR count). The van der Waals surface area contributed by atoms with Crippen molar-refractivity contribution in [1.29, 1.82) is 0 Å². The summed E-state index contributed by atoms with van der Waals surface area (Å²) in [4.78, 5) is 1.10. The fourth-order valence-electron chi connectivity index (χ4n) is 4.73. The quantitative estimate of drug-likeness (QED) is 0.168. The van der Waals surface area contributed by atoms with E-state index in [1.54, 1.807) is 11.8 Å². The highest BCUT2D eigenvalue weighted by Gasteiger charge is 2.51. The van der Waals surface area contributed by atoms with Crippen molar-refractivity contribution in [3.8, 4) is 0 Å². The van der Waals surface area contributed by atoms with Crippen LogP contribution in [0.5, 0.6) is 0 Å². The number of rotatable bonds is 12. The number of aliphatic hydroxyl groups is 1. The molecule has 0 spiro atoms. The van der Waals surface area contributed by atoms with E-state index in [0.717, 1.165) is 41.2 Å². The van der Waals surface area contributed by atoms with Crippen molar-refractivity contribution in [2.75, 3.05) is 0 Å². The summed E-state index contributed by atoms with van der Waals surface area (Å²) in [6.07, 6.45) is 4.02. The summed E-state index contributed by atoms with van der Waals surface area (Å²) in [7, 11) is -3.08.